The number of hydrogen-bond donors (Lipinski definition) is 1. The average molecular weight is 320 g/mol. The van der Waals surface area contributed by atoms with Crippen molar-refractivity contribution in [3.63, 3.8) is 0 Å². The van der Waals surface area contributed by atoms with E-state index >= 15 is 0 Å². The average Bonchev–Trinajstić information content (AvgIpc) is 3.23. The Morgan fingerprint density at radius 1 is 0.957 bits per heavy atom. The van der Waals surface area contributed by atoms with Gasteiger partial charge in [-0.3, -0.25) is 4.68 Å². The molecule has 0 aliphatic rings. The lowest BCUT2D eigenvalue weighted by Crippen LogP contribution is -2.06. The van der Waals surface area contributed by atoms with E-state index in [0.29, 0.717) is 0 Å². The van der Waals surface area contributed by atoms with E-state index in [1.807, 2.05) is 41.3 Å². The summed E-state index contributed by atoms with van der Waals surface area (Å²) in [4.78, 5) is 4.62. The van der Waals surface area contributed by atoms with Crippen LogP contribution >= 0.6 is 11.3 Å². The lowest BCUT2D eigenvalue weighted by atomic mass is 10.1. The SMILES string of the molecule is c1ccc(Cn2cccn2)c(CNc2nc3ccccc3s2)c1. The maximum Gasteiger partial charge on any atom is 0.184 e. The van der Waals surface area contributed by atoms with Crippen LogP contribution in [-0.2, 0) is 13.1 Å². The van der Waals surface area contributed by atoms with Gasteiger partial charge in [0.2, 0.25) is 0 Å². The van der Waals surface area contributed by atoms with Crippen LogP contribution in [0.25, 0.3) is 10.2 Å². The normalized spacial score (nSPS) is 11.0. The van der Waals surface area contributed by atoms with Crippen molar-refractivity contribution in [3.05, 3.63) is 78.1 Å². The Morgan fingerprint density at radius 2 is 1.78 bits per heavy atom. The van der Waals surface area contributed by atoms with Crippen molar-refractivity contribution in [1.82, 2.24) is 14.8 Å². The van der Waals surface area contributed by atoms with Crippen molar-refractivity contribution in [2.24, 2.45) is 0 Å². The van der Waals surface area contributed by atoms with E-state index < -0.39 is 0 Å². The number of rotatable bonds is 5. The molecule has 2 aromatic carbocycles. The monoisotopic (exact) mass is 320 g/mol. The number of anilines is 1. The Hall–Kier alpha value is -2.66. The number of fused-ring (bicyclic) bond motifs is 1. The Kier molecular flexibility index (Phi) is 3.78. The van der Waals surface area contributed by atoms with Gasteiger partial charge in [0.1, 0.15) is 0 Å². The van der Waals surface area contributed by atoms with Crippen LogP contribution in [0.1, 0.15) is 11.1 Å². The molecule has 0 radical (unpaired) electrons. The Bertz CT molecular complexity index is 879. The van der Waals surface area contributed by atoms with Gasteiger partial charge in [-0.1, -0.05) is 47.7 Å². The van der Waals surface area contributed by atoms with Crippen LogP contribution in [0.4, 0.5) is 5.13 Å². The molecular weight excluding hydrogens is 304 g/mol. The molecule has 1 N–H and O–H groups in total. The van der Waals surface area contributed by atoms with E-state index in [4.69, 9.17) is 0 Å². The van der Waals surface area contributed by atoms with Crippen molar-refractivity contribution in [2.75, 3.05) is 5.32 Å². The predicted molar refractivity (Wildman–Crippen MR) is 94.7 cm³/mol. The molecular formula is C18H16N4S. The summed E-state index contributed by atoms with van der Waals surface area (Å²) in [5, 5.41) is 8.69. The Labute approximate surface area is 138 Å². The number of aromatic nitrogens is 3. The Balaban J connectivity index is 1.52. The van der Waals surface area contributed by atoms with Crippen LogP contribution in [-0.4, -0.2) is 14.8 Å². The van der Waals surface area contributed by atoms with Crippen LogP contribution in [0.15, 0.2) is 67.0 Å². The van der Waals surface area contributed by atoms with E-state index in [9.17, 15) is 0 Å². The lowest BCUT2D eigenvalue weighted by Gasteiger charge is -2.10. The van der Waals surface area contributed by atoms with E-state index in [0.717, 1.165) is 23.7 Å². The molecule has 23 heavy (non-hydrogen) atoms. The molecule has 0 atom stereocenters. The molecule has 2 heterocycles. The largest absolute Gasteiger partial charge is 0.357 e. The molecule has 2 aromatic heterocycles. The maximum atomic E-state index is 4.62. The molecule has 114 valence electrons. The number of nitrogens with one attached hydrogen (secondary N) is 1. The minimum Gasteiger partial charge on any atom is -0.357 e. The van der Waals surface area contributed by atoms with Crippen LogP contribution in [0.3, 0.4) is 0 Å². The zero-order chi connectivity index (χ0) is 15.5. The van der Waals surface area contributed by atoms with Gasteiger partial charge in [-0.15, -0.1) is 0 Å². The van der Waals surface area contributed by atoms with Gasteiger partial charge in [0.15, 0.2) is 5.13 Å². The summed E-state index contributed by atoms with van der Waals surface area (Å²) < 4.78 is 3.15. The topological polar surface area (TPSA) is 42.7 Å². The van der Waals surface area contributed by atoms with E-state index in [2.05, 4.69) is 45.7 Å². The highest BCUT2D eigenvalue weighted by molar-refractivity contribution is 7.22. The highest BCUT2D eigenvalue weighted by Crippen LogP contribution is 2.26. The molecule has 0 bridgehead atoms. The van der Waals surface area contributed by atoms with Crippen molar-refractivity contribution >= 4 is 26.7 Å². The summed E-state index contributed by atoms with van der Waals surface area (Å²) in [6.45, 7) is 1.54. The van der Waals surface area contributed by atoms with E-state index in [1.54, 1.807) is 11.3 Å². The van der Waals surface area contributed by atoms with Crippen LogP contribution < -0.4 is 5.32 Å². The van der Waals surface area contributed by atoms with Gasteiger partial charge in [-0.2, -0.15) is 5.10 Å². The van der Waals surface area contributed by atoms with Gasteiger partial charge in [-0.05, 0) is 29.3 Å². The summed E-state index contributed by atoms with van der Waals surface area (Å²) in [6.07, 6.45) is 3.79. The molecule has 0 aliphatic carbocycles. The summed E-state index contributed by atoms with van der Waals surface area (Å²) >= 11 is 1.69. The number of benzene rings is 2. The summed E-state index contributed by atoms with van der Waals surface area (Å²) in [7, 11) is 0. The molecule has 5 heteroatoms. The molecule has 4 aromatic rings. The first-order chi connectivity index (χ1) is 11.4. The molecule has 4 nitrogen and oxygen atoms in total. The fourth-order valence-electron chi connectivity index (χ4n) is 2.57. The smallest absolute Gasteiger partial charge is 0.184 e. The minimum absolute atomic E-state index is 0.761. The number of hydrogen-bond acceptors (Lipinski definition) is 4. The van der Waals surface area contributed by atoms with Crippen molar-refractivity contribution in [1.29, 1.82) is 0 Å². The second kappa shape index (κ2) is 6.22. The second-order valence-electron chi connectivity index (χ2n) is 5.31. The Morgan fingerprint density at radius 3 is 2.61 bits per heavy atom. The minimum atomic E-state index is 0.761. The van der Waals surface area contributed by atoms with Crippen molar-refractivity contribution in [2.45, 2.75) is 13.1 Å². The predicted octanol–water partition coefficient (Wildman–Crippen LogP) is 4.15. The highest BCUT2D eigenvalue weighted by Gasteiger charge is 2.06. The fourth-order valence-corrected chi connectivity index (χ4v) is 3.43. The zero-order valence-corrected chi connectivity index (χ0v) is 13.3. The van der Waals surface area contributed by atoms with Gasteiger partial charge < -0.3 is 5.32 Å². The second-order valence-corrected chi connectivity index (χ2v) is 6.34. The van der Waals surface area contributed by atoms with Crippen LogP contribution in [0, 0.1) is 0 Å². The summed E-state index contributed by atoms with van der Waals surface area (Å²) in [5.41, 5.74) is 3.58. The van der Waals surface area contributed by atoms with Crippen molar-refractivity contribution < 1.29 is 0 Å². The third-order valence-electron chi connectivity index (χ3n) is 3.73. The molecule has 0 fully saturated rings. The van der Waals surface area contributed by atoms with E-state index in [1.165, 1.54) is 15.8 Å². The quantitative estimate of drug-likeness (QED) is 0.600. The third-order valence-corrected chi connectivity index (χ3v) is 4.73. The fraction of sp³-hybridized carbons (Fsp3) is 0.111. The number of nitrogens with zero attached hydrogens (tertiary/aromatic N) is 3. The molecule has 0 unspecified atom stereocenters. The first-order valence-electron chi connectivity index (χ1n) is 7.52. The molecule has 0 saturated heterocycles. The third kappa shape index (κ3) is 3.10. The van der Waals surface area contributed by atoms with Gasteiger partial charge in [0, 0.05) is 18.9 Å². The van der Waals surface area contributed by atoms with Gasteiger partial charge >= 0.3 is 0 Å². The molecule has 4 rings (SSSR count). The van der Waals surface area contributed by atoms with E-state index in [-0.39, 0.29) is 0 Å². The zero-order valence-electron chi connectivity index (χ0n) is 12.5. The van der Waals surface area contributed by atoms with Gasteiger partial charge in [0.05, 0.1) is 16.8 Å². The lowest BCUT2D eigenvalue weighted by molar-refractivity contribution is 0.682. The molecule has 0 saturated carbocycles. The number of thiazole rings is 1. The van der Waals surface area contributed by atoms with Gasteiger partial charge in [0.25, 0.3) is 0 Å². The van der Waals surface area contributed by atoms with Gasteiger partial charge in [-0.25, -0.2) is 4.98 Å². The standard InChI is InChI=1S/C18H16N4S/c1-2-7-15(13-22-11-5-10-20-22)14(6-1)12-19-18-21-16-8-3-4-9-17(16)23-18/h1-11H,12-13H2,(H,19,21). The van der Waals surface area contributed by atoms with Crippen molar-refractivity contribution in [3.8, 4) is 0 Å². The first-order valence-corrected chi connectivity index (χ1v) is 8.34. The first kappa shape index (κ1) is 14.0. The molecule has 0 amide bonds. The number of para-hydroxylation sites is 1. The van der Waals surface area contributed by atoms with Crippen LogP contribution in [0.2, 0.25) is 0 Å². The summed E-state index contributed by atoms with van der Waals surface area (Å²) in [6, 6.07) is 18.6. The van der Waals surface area contributed by atoms with Crippen LogP contribution in [0.5, 0.6) is 0 Å². The molecule has 0 spiro atoms. The summed E-state index contributed by atoms with van der Waals surface area (Å²) in [5.74, 6) is 0. The maximum absolute atomic E-state index is 4.62. The molecule has 0 aliphatic heterocycles. The highest BCUT2D eigenvalue weighted by atomic mass is 32.1.